The average molecular weight is 413 g/mol. The van der Waals surface area contributed by atoms with Gasteiger partial charge in [0.15, 0.2) is 5.76 Å². The van der Waals surface area contributed by atoms with Crippen LogP contribution in [-0.4, -0.2) is 32.2 Å². The Bertz CT molecular complexity index is 1070. The van der Waals surface area contributed by atoms with Gasteiger partial charge in [0.05, 0.1) is 29.6 Å². The van der Waals surface area contributed by atoms with E-state index in [0.29, 0.717) is 36.1 Å². The smallest absolute Gasteiger partial charge is 0.291 e. The third-order valence-corrected chi connectivity index (χ3v) is 5.83. The first kappa shape index (κ1) is 19.8. The average Bonchev–Trinajstić information content (AvgIpc) is 3.06. The summed E-state index contributed by atoms with van der Waals surface area (Å²) in [5.41, 5.74) is 5.51. The second kappa shape index (κ2) is 8.09. The van der Waals surface area contributed by atoms with Gasteiger partial charge in [-0.3, -0.25) is 4.79 Å². The summed E-state index contributed by atoms with van der Waals surface area (Å²) in [6.45, 7) is 8.90. The van der Waals surface area contributed by atoms with Crippen molar-refractivity contribution in [2.45, 2.75) is 27.2 Å². The zero-order valence-electron chi connectivity index (χ0n) is 17.0. The van der Waals surface area contributed by atoms with Crippen LogP contribution < -0.4 is 10.2 Å². The van der Waals surface area contributed by atoms with E-state index in [2.05, 4.69) is 23.2 Å². The standard InChI is InChI=1S/C23H25ClN2O3/c1-4-16-17-12-14(2)15(3)13-20(17)29-22(16)23(27)25-19-7-5-6-18(24)21(19)26-8-10-28-11-9-26/h5-7,12-13H,4,8-11H2,1-3H3,(H,25,27). The highest BCUT2D eigenvalue weighted by Crippen LogP contribution is 2.36. The number of furan rings is 1. The molecule has 1 aliphatic heterocycles. The van der Waals surface area contributed by atoms with Crippen LogP contribution in [0.15, 0.2) is 34.7 Å². The molecule has 0 saturated carbocycles. The fraction of sp³-hybridized carbons (Fsp3) is 0.348. The molecule has 0 aliphatic carbocycles. The molecule has 5 nitrogen and oxygen atoms in total. The summed E-state index contributed by atoms with van der Waals surface area (Å²) in [6, 6.07) is 9.65. The largest absolute Gasteiger partial charge is 0.451 e. The van der Waals surface area contributed by atoms with E-state index in [1.54, 1.807) is 0 Å². The number of fused-ring (bicyclic) bond motifs is 1. The Morgan fingerprint density at radius 3 is 2.62 bits per heavy atom. The van der Waals surface area contributed by atoms with Crippen molar-refractivity contribution in [3.63, 3.8) is 0 Å². The van der Waals surface area contributed by atoms with E-state index in [4.69, 9.17) is 20.8 Å². The van der Waals surface area contributed by atoms with Gasteiger partial charge in [-0.15, -0.1) is 0 Å². The number of halogens is 1. The number of amides is 1. The molecule has 1 N–H and O–H groups in total. The molecule has 1 aromatic heterocycles. The first-order chi connectivity index (χ1) is 14.0. The molecule has 2 aromatic carbocycles. The number of ether oxygens (including phenoxy) is 1. The molecular formula is C23H25ClN2O3. The monoisotopic (exact) mass is 412 g/mol. The topological polar surface area (TPSA) is 54.7 Å². The Balaban J connectivity index is 1.71. The number of rotatable bonds is 4. The summed E-state index contributed by atoms with van der Waals surface area (Å²) in [5.74, 6) is 0.102. The van der Waals surface area contributed by atoms with Crippen LogP contribution in [0.4, 0.5) is 11.4 Å². The molecule has 1 aliphatic rings. The molecule has 0 radical (unpaired) electrons. The molecule has 1 saturated heterocycles. The molecule has 0 spiro atoms. The van der Waals surface area contributed by atoms with Crippen molar-refractivity contribution in [2.24, 2.45) is 0 Å². The van der Waals surface area contributed by atoms with E-state index in [-0.39, 0.29) is 5.91 Å². The van der Waals surface area contributed by atoms with Gasteiger partial charge in [-0.2, -0.15) is 0 Å². The fourth-order valence-corrected chi connectivity index (χ4v) is 4.14. The van der Waals surface area contributed by atoms with Gasteiger partial charge in [-0.05, 0) is 55.7 Å². The number of nitrogens with one attached hydrogen (secondary N) is 1. The van der Waals surface area contributed by atoms with Crippen molar-refractivity contribution in [3.05, 3.63) is 57.8 Å². The highest BCUT2D eigenvalue weighted by atomic mass is 35.5. The first-order valence-corrected chi connectivity index (χ1v) is 10.3. The Morgan fingerprint density at radius 1 is 1.17 bits per heavy atom. The van der Waals surface area contributed by atoms with Crippen LogP contribution in [0.1, 0.15) is 34.2 Å². The minimum Gasteiger partial charge on any atom is -0.451 e. The van der Waals surface area contributed by atoms with E-state index >= 15 is 0 Å². The lowest BCUT2D eigenvalue weighted by atomic mass is 10.0. The van der Waals surface area contributed by atoms with Crippen molar-refractivity contribution in [1.82, 2.24) is 0 Å². The molecule has 0 bridgehead atoms. The number of hydrogen-bond acceptors (Lipinski definition) is 4. The van der Waals surface area contributed by atoms with Crippen LogP contribution in [0.5, 0.6) is 0 Å². The van der Waals surface area contributed by atoms with Crippen molar-refractivity contribution in [3.8, 4) is 0 Å². The maximum atomic E-state index is 13.2. The van der Waals surface area contributed by atoms with Gasteiger partial charge in [0.2, 0.25) is 0 Å². The SMILES string of the molecule is CCc1c(C(=O)Nc2cccc(Cl)c2N2CCOCC2)oc2cc(C)c(C)cc12. The predicted molar refractivity (Wildman–Crippen MR) is 118 cm³/mol. The number of morpholine rings is 1. The van der Waals surface area contributed by atoms with E-state index in [9.17, 15) is 4.79 Å². The van der Waals surface area contributed by atoms with Crippen molar-refractivity contribution < 1.29 is 13.9 Å². The molecule has 0 atom stereocenters. The Morgan fingerprint density at radius 2 is 1.90 bits per heavy atom. The van der Waals surface area contributed by atoms with Crippen molar-refractivity contribution >= 4 is 39.9 Å². The predicted octanol–water partition coefficient (Wildman–Crippen LogP) is 5.35. The Hall–Kier alpha value is -2.50. The lowest BCUT2D eigenvalue weighted by Gasteiger charge is -2.31. The highest BCUT2D eigenvalue weighted by molar-refractivity contribution is 6.34. The van der Waals surface area contributed by atoms with Crippen LogP contribution in [0.3, 0.4) is 0 Å². The number of para-hydroxylation sites is 1. The lowest BCUT2D eigenvalue weighted by Crippen LogP contribution is -2.37. The fourth-order valence-electron chi connectivity index (χ4n) is 3.84. The van der Waals surface area contributed by atoms with Gasteiger partial charge in [-0.1, -0.05) is 24.6 Å². The molecule has 29 heavy (non-hydrogen) atoms. The van der Waals surface area contributed by atoms with Crippen LogP contribution in [0.2, 0.25) is 5.02 Å². The summed E-state index contributed by atoms with van der Waals surface area (Å²) in [7, 11) is 0. The summed E-state index contributed by atoms with van der Waals surface area (Å²) >= 11 is 6.49. The van der Waals surface area contributed by atoms with Gasteiger partial charge < -0.3 is 19.4 Å². The third-order valence-electron chi connectivity index (χ3n) is 5.53. The molecule has 1 fully saturated rings. The lowest BCUT2D eigenvalue weighted by molar-refractivity contribution is 0.0997. The second-order valence-electron chi connectivity index (χ2n) is 7.39. The number of benzene rings is 2. The van der Waals surface area contributed by atoms with E-state index < -0.39 is 0 Å². The van der Waals surface area contributed by atoms with E-state index in [0.717, 1.165) is 40.9 Å². The number of anilines is 2. The van der Waals surface area contributed by atoms with Gasteiger partial charge in [0, 0.05) is 24.0 Å². The number of carbonyl (C=O) groups excluding carboxylic acids is 1. The van der Waals surface area contributed by atoms with E-state index in [1.165, 1.54) is 5.56 Å². The zero-order chi connectivity index (χ0) is 20.5. The minimum absolute atomic E-state index is 0.259. The molecule has 0 unspecified atom stereocenters. The Labute approximate surface area is 175 Å². The van der Waals surface area contributed by atoms with Crippen molar-refractivity contribution in [2.75, 3.05) is 36.5 Å². The summed E-state index contributed by atoms with van der Waals surface area (Å²) in [6.07, 6.45) is 0.712. The Kier molecular flexibility index (Phi) is 5.52. The molecule has 4 rings (SSSR count). The number of aryl methyl sites for hydroxylation is 3. The summed E-state index contributed by atoms with van der Waals surface area (Å²) < 4.78 is 11.4. The van der Waals surface area contributed by atoms with Gasteiger partial charge in [-0.25, -0.2) is 0 Å². The van der Waals surface area contributed by atoms with Crippen LogP contribution in [0, 0.1) is 13.8 Å². The molecule has 2 heterocycles. The highest BCUT2D eigenvalue weighted by Gasteiger charge is 2.23. The van der Waals surface area contributed by atoms with Crippen LogP contribution in [0.25, 0.3) is 11.0 Å². The number of carbonyl (C=O) groups is 1. The molecule has 3 aromatic rings. The summed E-state index contributed by atoms with van der Waals surface area (Å²) in [5, 5.41) is 4.64. The van der Waals surface area contributed by atoms with E-state index in [1.807, 2.05) is 38.1 Å². The maximum Gasteiger partial charge on any atom is 0.291 e. The number of nitrogens with zero attached hydrogens (tertiary/aromatic N) is 1. The van der Waals surface area contributed by atoms with Crippen molar-refractivity contribution in [1.29, 1.82) is 0 Å². The number of hydrogen-bond donors (Lipinski definition) is 1. The molecule has 6 heteroatoms. The van der Waals surface area contributed by atoms with Gasteiger partial charge in [0.1, 0.15) is 5.58 Å². The molecule has 1 amide bonds. The second-order valence-corrected chi connectivity index (χ2v) is 7.79. The first-order valence-electron chi connectivity index (χ1n) is 9.94. The van der Waals surface area contributed by atoms with Gasteiger partial charge >= 0.3 is 0 Å². The molecular weight excluding hydrogens is 388 g/mol. The minimum atomic E-state index is -0.259. The quantitative estimate of drug-likeness (QED) is 0.627. The zero-order valence-corrected chi connectivity index (χ0v) is 17.7. The normalized spacial score (nSPS) is 14.4. The third kappa shape index (κ3) is 3.72. The molecule has 152 valence electrons. The van der Waals surface area contributed by atoms with Gasteiger partial charge in [0.25, 0.3) is 5.91 Å². The maximum absolute atomic E-state index is 13.2. The summed E-state index contributed by atoms with van der Waals surface area (Å²) in [4.78, 5) is 15.3. The van der Waals surface area contributed by atoms with Crippen LogP contribution in [-0.2, 0) is 11.2 Å². The van der Waals surface area contributed by atoms with Crippen LogP contribution >= 0.6 is 11.6 Å².